The standard InChI is InChI=1S/C13H15Cl2N3O3/c1-2-11(19)17-18-13(21)6-5-12(20)16-10-4-3-8(14)7-9(10)15/h3-4,7H,2,5-6H2,1H3,(H,16,20)(H,17,19)(H,18,21). The number of carbonyl (C=O) groups excluding carboxylic acids is 3. The van der Waals surface area contributed by atoms with Crippen molar-refractivity contribution in [3.05, 3.63) is 28.2 Å². The molecule has 0 spiro atoms. The number of anilines is 1. The lowest BCUT2D eigenvalue weighted by Gasteiger charge is -2.08. The second-order valence-corrected chi connectivity index (χ2v) is 4.97. The van der Waals surface area contributed by atoms with E-state index in [2.05, 4.69) is 16.2 Å². The molecule has 0 fully saturated rings. The Balaban J connectivity index is 2.37. The number of hydrogen-bond donors (Lipinski definition) is 3. The fraction of sp³-hybridized carbons (Fsp3) is 0.308. The number of hydrogen-bond acceptors (Lipinski definition) is 3. The first kappa shape index (κ1) is 17.3. The van der Waals surface area contributed by atoms with Gasteiger partial charge in [-0.25, -0.2) is 0 Å². The maximum Gasteiger partial charge on any atom is 0.238 e. The molecule has 0 atom stereocenters. The molecule has 0 saturated carbocycles. The summed E-state index contributed by atoms with van der Waals surface area (Å²) in [5.41, 5.74) is 4.85. The Labute approximate surface area is 132 Å². The Morgan fingerprint density at radius 3 is 2.24 bits per heavy atom. The predicted octanol–water partition coefficient (Wildman–Crippen LogP) is 2.27. The van der Waals surface area contributed by atoms with Gasteiger partial charge in [0, 0.05) is 24.3 Å². The van der Waals surface area contributed by atoms with E-state index in [1.165, 1.54) is 6.07 Å². The van der Waals surface area contributed by atoms with Gasteiger partial charge in [0.1, 0.15) is 0 Å². The number of carbonyl (C=O) groups is 3. The van der Waals surface area contributed by atoms with Crippen molar-refractivity contribution in [2.24, 2.45) is 0 Å². The molecular weight excluding hydrogens is 317 g/mol. The lowest BCUT2D eigenvalue weighted by Crippen LogP contribution is -2.41. The highest BCUT2D eigenvalue weighted by molar-refractivity contribution is 6.36. The molecule has 0 aromatic heterocycles. The minimum absolute atomic E-state index is 0.0349. The van der Waals surface area contributed by atoms with Crippen LogP contribution in [-0.2, 0) is 14.4 Å². The highest BCUT2D eigenvalue weighted by atomic mass is 35.5. The van der Waals surface area contributed by atoms with Gasteiger partial charge in [0.2, 0.25) is 17.7 Å². The van der Waals surface area contributed by atoms with Crippen LogP contribution in [0.25, 0.3) is 0 Å². The molecule has 0 saturated heterocycles. The van der Waals surface area contributed by atoms with Crippen molar-refractivity contribution in [1.29, 1.82) is 0 Å². The van der Waals surface area contributed by atoms with E-state index >= 15 is 0 Å². The summed E-state index contributed by atoms with van der Waals surface area (Å²) in [4.78, 5) is 34.0. The fourth-order valence-corrected chi connectivity index (χ4v) is 1.78. The van der Waals surface area contributed by atoms with E-state index in [1.54, 1.807) is 19.1 Å². The monoisotopic (exact) mass is 331 g/mol. The molecular formula is C13H15Cl2N3O3. The van der Waals surface area contributed by atoms with Crippen molar-refractivity contribution in [3.8, 4) is 0 Å². The van der Waals surface area contributed by atoms with Crippen LogP contribution in [-0.4, -0.2) is 17.7 Å². The van der Waals surface area contributed by atoms with Crippen LogP contribution in [0.5, 0.6) is 0 Å². The number of amides is 3. The second-order valence-electron chi connectivity index (χ2n) is 4.12. The molecule has 3 N–H and O–H groups in total. The largest absolute Gasteiger partial charge is 0.325 e. The van der Waals surface area contributed by atoms with E-state index < -0.39 is 5.91 Å². The zero-order chi connectivity index (χ0) is 15.8. The minimum Gasteiger partial charge on any atom is -0.325 e. The number of halogens is 2. The molecule has 21 heavy (non-hydrogen) atoms. The maximum atomic E-state index is 11.7. The third kappa shape index (κ3) is 6.46. The predicted molar refractivity (Wildman–Crippen MR) is 80.9 cm³/mol. The summed E-state index contributed by atoms with van der Waals surface area (Å²) in [5.74, 6) is -1.12. The second kappa shape index (κ2) is 8.49. The van der Waals surface area contributed by atoms with Crippen LogP contribution in [0, 0.1) is 0 Å². The van der Waals surface area contributed by atoms with Gasteiger partial charge >= 0.3 is 0 Å². The van der Waals surface area contributed by atoms with Gasteiger partial charge in [0.25, 0.3) is 0 Å². The molecule has 0 bridgehead atoms. The summed E-state index contributed by atoms with van der Waals surface area (Å²) in [6, 6.07) is 4.67. The lowest BCUT2D eigenvalue weighted by atomic mass is 10.2. The molecule has 1 rings (SSSR count). The normalized spacial score (nSPS) is 9.86. The Morgan fingerprint density at radius 2 is 1.62 bits per heavy atom. The topological polar surface area (TPSA) is 87.3 Å². The summed E-state index contributed by atoms with van der Waals surface area (Å²) < 4.78 is 0. The van der Waals surface area contributed by atoms with E-state index in [-0.39, 0.29) is 31.1 Å². The van der Waals surface area contributed by atoms with E-state index in [0.717, 1.165) is 0 Å². The van der Waals surface area contributed by atoms with E-state index in [1.807, 2.05) is 0 Å². The van der Waals surface area contributed by atoms with Gasteiger partial charge in [-0.2, -0.15) is 0 Å². The summed E-state index contributed by atoms with van der Waals surface area (Å²) in [6.45, 7) is 1.66. The minimum atomic E-state index is -0.450. The van der Waals surface area contributed by atoms with Gasteiger partial charge in [-0.05, 0) is 18.2 Å². The number of hydrazine groups is 1. The van der Waals surface area contributed by atoms with Gasteiger partial charge in [-0.1, -0.05) is 30.1 Å². The van der Waals surface area contributed by atoms with E-state index in [9.17, 15) is 14.4 Å². The molecule has 6 nitrogen and oxygen atoms in total. The Morgan fingerprint density at radius 1 is 1.00 bits per heavy atom. The zero-order valence-electron chi connectivity index (χ0n) is 11.3. The SMILES string of the molecule is CCC(=O)NNC(=O)CCC(=O)Nc1ccc(Cl)cc1Cl. The van der Waals surface area contributed by atoms with Crippen LogP contribution < -0.4 is 16.2 Å². The molecule has 0 aliphatic rings. The third-order valence-electron chi connectivity index (χ3n) is 2.45. The number of benzene rings is 1. The Kier molecular flexibility index (Phi) is 6.98. The first-order valence-electron chi connectivity index (χ1n) is 6.25. The van der Waals surface area contributed by atoms with Crippen LogP contribution in [0.2, 0.25) is 10.0 Å². The quantitative estimate of drug-likeness (QED) is 0.723. The molecule has 0 unspecified atom stereocenters. The molecule has 0 aliphatic heterocycles. The number of rotatable bonds is 5. The molecule has 8 heteroatoms. The van der Waals surface area contributed by atoms with Crippen molar-refractivity contribution in [2.75, 3.05) is 5.32 Å². The van der Waals surface area contributed by atoms with E-state index in [4.69, 9.17) is 23.2 Å². The van der Waals surface area contributed by atoms with Crippen molar-refractivity contribution < 1.29 is 14.4 Å². The highest BCUT2D eigenvalue weighted by Gasteiger charge is 2.09. The van der Waals surface area contributed by atoms with Crippen molar-refractivity contribution in [3.63, 3.8) is 0 Å². The summed E-state index contributed by atoms with van der Waals surface area (Å²) in [7, 11) is 0. The average molecular weight is 332 g/mol. The van der Waals surface area contributed by atoms with Crippen molar-refractivity contribution >= 4 is 46.6 Å². The van der Waals surface area contributed by atoms with Crippen LogP contribution >= 0.6 is 23.2 Å². The van der Waals surface area contributed by atoms with Crippen LogP contribution in [0.3, 0.4) is 0 Å². The molecule has 1 aromatic rings. The first-order valence-corrected chi connectivity index (χ1v) is 7.00. The average Bonchev–Trinajstić information content (AvgIpc) is 2.45. The summed E-state index contributed by atoms with van der Waals surface area (Å²) in [5, 5.41) is 3.35. The van der Waals surface area contributed by atoms with Gasteiger partial charge in [0.15, 0.2) is 0 Å². The Hall–Kier alpha value is -1.79. The third-order valence-corrected chi connectivity index (χ3v) is 2.99. The molecule has 114 valence electrons. The Bertz CT molecular complexity index is 549. The van der Waals surface area contributed by atoms with Gasteiger partial charge in [-0.3, -0.25) is 25.2 Å². The van der Waals surface area contributed by atoms with Crippen LogP contribution in [0.15, 0.2) is 18.2 Å². The zero-order valence-corrected chi connectivity index (χ0v) is 12.8. The molecule has 3 amide bonds. The molecule has 0 heterocycles. The van der Waals surface area contributed by atoms with Crippen LogP contribution in [0.4, 0.5) is 5.69 Å². The van der Waals surface area contributed by atoms with E-state index in [0.29, 0.717) is 15.7 Å². The fourth-order valence-electron chi connectivity index (χ4n) is 1.32. The van der Waals surface area contributed by atoms with Gasteiger partial charge < -0.3 is 5.32 Å². The maximum absolute atomic E-state index is 11.7. The lowest BCUT2D eigenvalue weighted by molar-refractivity contribution is -0.129. The highest BCUT2D eigenvalue weighted by Crippen LogP contribution is 2.25. The smallest absolute Gasteiger partial charge is 0.238 e. The summed E-state index contributed by atoms with van der Waals surface area (Å²) in [6.07, 6.45) is 0.170. The van der Waals surface area contributed by atoms with Gasteiger partial charge in [-0.15, -0.1) is 0 Å². The first-order chi connectivity index (χ1) is 9.92. The van der Waals surface area contributed by atoms with Gasteiger partial charge in [0.05, 0.1) is 10.7 Å². The summed E-state index contributed by atoms with van der Waals surface area (Å²) >= 11 is 11.7. The molecule has 0 radical (unpaired) electrons. The van der Waals surface area contributed by atoms with Crippen LogP contribution in [0.1, 0.15) is 26.2 Å². The number of nitrogens with one attached hydrogen (secondary N) is 3. The van der Waals surface area contributed by atoms with Crippen molar-refractivity contribution in [1.82, 2.24) is 10.9 Å². The van der Waals surface area contributed by atoms with Crippen molar-refractivity contribution in [2.45, 2.75) is 26.2 Å². The molecule has 0 aliphatic carbocycles. The molecule has 1 aromatic carbocycles.